The Morgan fingerprint density at radius 3 is 2.56 bits per heavy atom. The second-order valence-corrected chi connectivity index (χ2v) is 10.8. The lowest BCUT2D eigenvalue weighted by Gasteiger charge is -2.13. The van der Waals surface area contributed by atoms with E-state index >= 15 is 0 Å². The van der Waals surface area contributed by atoms with Gasteiger partial charge in [0.2, 0.25) is 0 Å². The molecule has 4 aromatic rings. The molecule has 230 valence electrons. The first-order valence-electron chi connectivity index (χ1n) is 13.4. The highest BCUT2D eigenvalue weighted by molar-refractivity contribution is 8.18. The SMILES string of the molecule is COc1ccc(/C=N/N=C2\S/C(=C\c3cc(Cl)ccc3OCC(=O)Nc3ccc(F)cc3)C(=O)N2Cc2ccco2)cc1OC. The highest BCUT2D eigenvalue weighted by Gasteiger charge is 2.34. The number of hydrogen-bond acceptors (Lipinski definition) is 9. The summed E-state index contributed by atoms with van der Waals surface area (Å²) in [6.45, 7) is -0.207. The Labute approximate surface area is 267 Å². The maximum atomic E-state index is 13.6. The molecule has 0 aliphatic carbocycles. The van der Waals surface area contributed by atoms with E-state index in [9.17, 15) is 14.0 Å². The van der Waals surface area contributed by atoms with E-state index in [4.69, 9.17) is 30.2 Å². The van der Waals surface area contributed by atoms with Gasteiger partial charge in [-0.1, -0.05) is 11.6 Å². The number of furan rings is 1. The first-order valence-corrected chi connectivity index (χ1v) is 14.6. The molecule has 0 unspecified atom stereocenters. The minimum absolute atomic E-state index is 0.128. The van der Waals surface area contributed by atoms with Crippen LogP contribution in [-0.4, -0.2) is 48.9 Å². The zero-order valence-corrected chi connectivity index (χ0v) is 25.6. The van der Waals surface area contributed by atoms with Gasteiger partial charge < -0.3 is 23.9 Å². The number of hydrogen-bond donors (Lipinski definition) is 1. The Morgan fingerprint density at radius 2 is 1.82 bits per heavy atom. The molecule has 0 radical (unpaired) electrons. The van der Waals surface area contributed by atoms with Crippen molar-refractivity contribution in [1.82, 2.24) is 4.90 Å². The number of carbonyl (C=O) groups is 2. The van der Waals surface area contributed by atoms with Gasteiger partial charge in [0.15, 0.2) is 23.3 Å². The lowest BCUT2D eigenvalue weighted by Crippen LogP contribution is -2.28. The molecule has 2 amide bonds. The quantitative estimate of drug-likeness (QED) is 0.111. The fraction of sp³-hybridized carbons (Fsp3) is 0.125. The molecule has 1 aliphatic rings. The van der Waals surface area contributed by atoms with Crippen molar-refractivity contribution >= 4 is 58.3 Å². The number of thioether (sulfide) groups is 1. The highest BCUT2D eigenvalue weighted by atomic mass is 35.5. The van der Waals surface area contributed by atoms with E-state index in [1.807, 2.05) is 0 Å². The topological polar surface area (TPSA) is 115 Å². The lowest BCUT2D eigenvalue weighted by molar-refractivity contribution is -0.122. The summed E-state index contributed by atoms with van der Waals surface area (Å²) in [4.78, 5) is 27.8. The molecular formula is C32H26ClFN4O6S. The molecule has 0 saturated carbocycles. The van der Waals surface area contributed by atoms with Gasteiger partial charge in [0.1, 0.15) is 17.3 Å². The zero-order chi connectivity index (χ0) is 31.8. The Balaban J connectivity index is 1.37. The van der Waals surface area contributed by atoms with Gasteiger partial charge in [-0.2, -0.15) is 5.10 Å². The normalized spacial score (nSPS) is 14.8. The summed E-state index contributed by atoms with van der Waals surface area (Å²) in [7, 11) is 3.09. The predicted molar refractivity (Wildman–Crippen MR) is 171 cm³/mol. The number of anilines is 1. The van der Waals surface area contributed by atoms with Crippen molar-refractivity contribution in [3.05, 3.63) is 112 Å². The summed E-state index contributed by atoms with van der Waals surface area (Å²) in [6, 6.07) is 19.0. The van der Waals surface area contributed by atoms with Crippen LogP contribution in [-0.2, 0) is 16.1 Å². The maximum absolute atomic E-state index is 13.6. The van der Waals surface area contributed by atoms with Crippen LogP contribution in [0.5, 0.6) is 17.2 Å². The molecule has 1 saturated heterocycles. The second kappa shape index (κ2) is 14.6. The molecule has 13 heteroatoms. The largest absolute Gasteiger partial charge is 0.493 e. The number of amides is 2. The van der Waals surface area contributed by atoms with E-state index in [2.05, 4.69) is 15.5 Å². The van der Waals surface area contributed by atoms with Crippen LogP contribution in [0.2, 0.25) is 5.02 Å². The molecule has 0 bridgehead atoms. The zero-order valence-electron chi connectivity index (χ0n) is 24.0. The Hall–Kier alpha value is -5.07. The van der Waals surface area contributed by atoms with Crippen LogP contribution in [0.1, 0.15) is 16.9 Å². The molecular weight excluding hydrogens is 623 g/mol. The van der Waals surface area contributed by atoms with E-state index < -0.39 is 11.7 Å². The molecule has 0 atom stereocenters. The van der Waals surface area contributed by atoms with Crippen LogP contribution in [0, 0.1) is 5.82 Å². The van der Waals surface area contributed by atoms with Crippen molar-refractivity contribution in [1.29, 1.82) is 0 Å². The van der Waals surface area contributed by atoms with Crippen LogP contribution >= 0.6 is 23.4 Å². The molecule has 1 N–H and O–H groups in total. The molecule has 45 heavy (non-hydrogen) atoms. The summed E-state index contributed by atoms with van der Waals surface area (Å²) >= 11 is 7.39. The molecule has 1 aliphatic heterocycles. The second-order valence-electron chi connectivity index (χ2n) is 9.35. The van der Waals surface area contributed by atoms with Gasteiger partial charge in [-0.25, -0.2) is 4.39 Å². The number of carbonyl (C=O) groups excluding carboxylic acids is 2. The third kappa shape index (κ3) is 8.11. The summed E-state index contributed by atoms with van der Waals surface area (Å²) < 4.78 is 35.0. The van der Waals surface area contributed by atoms with E-state index in [-0.39, 0.29) is 19.1 Å². The molecule has 3 aromatic carbocycles. The third-order valence-electron chi connectivity index (χ3n) is 6.28. The number of methoxy groups -OCH3 is 2. The number of ether oxygens (including phenoxy) is 3. The number of amidine groups is 1. The first-order chi connectivity index (χ1) is 21.8. The molecule has 10 nitrogen and oxygen atoms in total. The number of rotatable bonds is 11. The summed E-state index contributed by atoms with van der Waals surface area (Å²) in [5, 5.41) is 11.9. The van der Waals surface area contributed by atoms with Crippen molar-refractivity contribution in [2.24, 2.45) is 10.2 Å². The standard InChI is InChI=1S/C32H26ClFN4O6S/c1-41-27-11-5-20(14-28(27)42-2)17-35-37-32-38(18-25-4-3-13-43-25)31(40)29(45-32)16-21-15-22(33)6-12-26(21)44-19-30(39)36-24-9-7-23(34)8-10-24/h3-17H,18-19H2,1-2H3,(H,36,39)/b29-16-,35-17+,37-32-. The summed E-state index contributed by atoms with van der Waals surface area (Å²) in [5.41, 5.74) is 1.61. The van der Waals surface area contributed by atoms with Crippen LogP contribution in [0.25, 0.3) is 6.08 Å². The average molecular weight is 649 g/mol. The van der Waals surface area contributed by atoms with E-state index in [0.29, 0.717) is 54.9 Å². The summed E-state index contributed by atoms with van der Waals surface area (Å²) in [6.07, 6.45) is 4.67. The molecule has 5 rings (SSSR count). The number of benzene rings is 3. The van der Waals surface area contributed by atoms with Crippen molar-refractivity contribution < 1.29 is 32.6 Å². The van der Waals surface area contributed by atoms with Gasteiger partial charge in [0.05, 0.1) is 38.1 Å². The van der Waals surface area contributed by atoms with Crippen LogP contribution in [0.3, 0.4) is 0 Å². The number of halogens is 2. The van der Waals surface area contributed by atoms with E-state index in [0.717, 1.165) is 11.8 Å². The van der Waals surface area contributed by atoms with Crippen LogP contribution in [0.15, 0.2) is 98.6 Å². The van der Waals surface area contributed by atoms with E-state index in [1.54, 1.807) is 68.8 Å². The van der Waals surface area contributed by atoms with Gasteiger partial charge in [0.25, 0.3) is 11.8 Å². The minimum atomic E-state index is -0.451. The van der Waals surface area contributed by atoms with Crippen molar-refractivity contribution in [3.63, 3.8) is 0 Å². The minimum Gasteiger partial charge on any atom is -0.493 e. The van der Waals surface area contributed by atoms with Gasteiger partial charge in [-0.15, -0.1) is 5.10 Å². The maximum Gasteiger partial charge on any atom is 0.267 e. The lowest BCUT2D eigenvalue weighted by atomic mass is 10.2. The Morgan fingerprint density at radius 1 is 1.04 bits per heavy atom. The molecule has 1 fully saturated rings. The van der Waals surface area contributed by atoms with E-state index in [1.165, 1.54) is 41.6 Å². The van der Waals surface area contributed by atoms with Gasteiger partial charge in [0, 0.05) is 16.3 Å². The molecule has 1 aromatic heterocycles. The van der Waals surface area contributed by atoms with Crippen LogP contribution < -0.4 is 19.5 Å². The van der Waals surface area contributed by atoms with Crippen LogP contribution in [0.4, 0.5) is 10.1 Å². The number of nitrogens with zero attached hydrogens (tertiary/aromatic N) is 3. The van der Waals surface area contributed by atoms with Gasteiger partial charge in [-0.05, 0) is 96.2 Å². The first kappa shape index (κ1) is 31.4. The highest BCUT2D eigenvalue weighted by Crippen LogP contribution is 2.36. The Bertz CT molecular complexity index is 1780. The van der Waals surface area contributed by atoms with Gasteiger partial charge >= 0.3 is 0 Å². The molecule has 2 heterocycles. The van der Waals surface area contributed by atoms with Crippen molar-refractivity contribution in [2.75, 3.05) is 26.1 Å². The smallest absolute Gasteiger partial charge is 0.267 e. The molecule has 0 spiro atoms. The van der Waals surface area contributed by atoms with Crippen molar-refractivity contribution in [3.8, 4) is 17.2 Å². The fourth-order valence-corrected chi connectivity index (χ4v) is 5.24. The average Bonchev–Trinajstić information content (AvgIpc) is 3.66. The van der Waals surface area contributed by atoms with Crippen molar-refractivity contribution in [2.45, 2.75) is 6.54 Å². The Kier molecular flexibility index (Phi) is 10.2. The fourth-order valence-electron chi connectivity index (χ4n) is 4.14. The monoisotopic (exact) mass is 648 g/mol. The van der Waals surface area contributed by atoms with Gasteiger partial charge in [-0.3, -0.25) is 14.5 Å². The third-order valence-corrected chi connectivity index (χ3v) is 7.52. The summed E-state index contributed by atoms with van der Waals surface area (Å²) in [5.74, 6) is 0.795. The predicted octanol–water partition coefficient (Wildman–Crippen LogP) is 6.61. The number of nitrogens with one attached hydrogen (secondary N) is 1.